The van der Waals surface area contributed by atoms with Crippen LogP contribution in [0.4, 0.5) is 27.6 Å². The Kier molecular flexibility index (Phi) is 10.6. The van der Waals surface area contributed by atoms with Gasteiger partial charge in [-0.05, 0) is 62.4 Å². The molecule has 3 rings (SSSR count). The lowest BCUT2D eigenvalue weighted by Crippen LogP contribution is -2.23. The molecule has 0 aliphatic carbocycles. The molecule has 0 aliphatic rings. The first-order valence-electron chi connectivity index (χ1n) is 12.0. The zero-order valence-electron chi connectivity index (χ0n) is 22.0. The van der Waals surface area contributed by atoms with E-state index in [9.17, 15) is 31.5 Å². The second-order valence-corrected chi connectivity index (χ2v) is 9.97. The number of hydrogen-bond donors (Lipinski definition) is 2. The summed E-state index contributed by atoms with van der Waals surface area (Å²) in [4.78, 5) is 25.5. The summed E-state index contributed by atoms with van der Waals surface area (Å²) in [5.74, 6) is 1.02. The van der Waals surface area contributed by atoms with Gasteiger partial charge in [0.05, 0.1) is 35.6 Å². The van der Waals surface area contributed by atoms with Crippen LogP contribution in [0.3, 0.4) is 0 Å². The van der Waals surface area contributed by atoms with Crippen LogP contribution in [-0.2, 0) is 15.7 Å². The second-order valence-electron chi connectivity index (χ2n) is 9.15. The Balaban J connectivity index is 1.76. The lowest BCUT2D eigenvalue weighted by molar-refractivity contribution is -0.137. The number of hydrogen-bond acceptors (Lipinski definition) is 5. The fourth-order valence-corrected chi connectivity index (χ4v) is 3.86. The van der Waals surface area contributed by atoms with Crippen molar-refractivity contribution >= 4 is 40.6 Å². The summed E-state index contributed by atoms with van der Waals surface area (Å²) in [5, 5.41) is 10.8. The van der Waals surface area contributed by atoms with Crippen LogP contribution in [0.15, 0.2) is 48.5 Å². The molecule has 0 saturated heterocycles. The van der Waals surface area contributed by atoms with E-state index < -0.39 is 57.9 Å². The number of ether oxygens (including phenoxy) is 2. The van der Waals surface area contributed by atoms with Crippen molar-refractivity contribution in [2.45, 2.75) is 25.6 Å². The third-order valence-corrected chi connectivity index (χ3v) is 6.05. The number of carbonyl (C=O) groups is 2. The molecular formula is C29H22Cl2F5NO5. The maximum absolute atomic E-state index is 14.8. The Hall–Kier alpha value is -3.69. The fraction of sp³-hybridized carbons (Fsp3) is 0.241. The summed E-state index contributed by atoms with van der Waals surface area (Å²) in [6, 6.07) is 7.54. The van der Waals surface area contributed by atoms with Crippen molar-refractivity contribution in [2.75, 3.05) is 25.1 Å². The van der Waals surface area contributed by atoms with Gasteiger partial charge >= 0.3 is 6.18 Å². The Labute approximate surface area is 247 Å². The summed E-state index contributed by atoms with van der Waals surface area (Å²) in [7, 11) is 0. The van der Waals surface area contributed by atoms with E-state index >= 15 is 0 Å². The Morgan fingerprint density at radius 3 is 2.40 bits per heavy atom. The number of ketones is 1. The highest BCUT2D eigenvalue weighted by Gasteiger charge is 2.32. The van der Waals surface area contributed by atoms with Crippen LogP contribution in [0.1, 0.15) is 40.9 Å². The molecule has 0 spiro atoms. The average Bonchev–Trinajstić information content (AvgIpc) is 2.92. The molecule has 0 fully saturated rings. The van der Waals surface area contributed by atoms with Crippen LogP contribution in [0.5, 0.6) is 5.75 Å². The minimum Gasteiger partial charge on any atom is -0.483 e. The van der Waals surface area contributed by atoms with Crippen molar-refractivity contribution in [1.29, 1.82) is 0 Å². The first-order chi connectivity index (χ1) is 19.6. The van der Waals surface area contributed by atoms with Crippen LogP contribution < -0.4 is 10.1 Å². The molecule has 6 nitrogen and oxygen atoms in total. The van der Waals surface area contributed by atoms with Gasteiger partial charge in [0, 0.05) is 10.6 Å². The number of rotatable bonds is 9. The minimum atomic E-state index is -4.90. The van der Waals surface area contributed by atoms with E-state index in [0.717, 1.165) is 6.07 Å². The predicted molar refractivity (Wildman–Crippen MR) is 146 cm³/mol. The first-order valence-corrected chi connectivity index (χ1v) is 12.8. The highest BCUT2D eigenvalue weighted by atomic mass is 35.5. The van der Waals surface area contributed by atoms with Gasteiger partial charge in [-0.1, -0.05) is 35.0 Å². The van der Waals surface area contributed by atoms with Gasteiger partial charge in [-0.25, -0.2) is 8.78 Å². The SMILES string of the molecule is CC(C)(C#Cc1ccc(NC(=O)COc2ccc(Cl)cc2C(=O)c2cc(F)cc(C(F)(F)F)c2)c(Cl)c1F)OCCO. The van der Waals surface area contributed by atoms with E-state index in [2.05, 4.69) is 17.2 Å². The Morgan fingerprint density at radius 2 is 1.74 bits per heavy atom. The number of aliphatic hydroxyl groups is 1. The number of nitrogens with one attached hydrogen (secondary N) is 1. The molecule has 0 saturated carbocycles. The molecular weight excluding hydrogens is 608 g/mol. The van der Waals surface area contributed by atoms with Crippen LogP contribution in [0.25, 0.3) is 0 Å². The van der Waals surface area contributed by atoms with Crippen LogP contribution >= 0.6 is 23.2 Å². The summed E-state index contributed by atoms with van der Waals surface area (Å²) in [6.07, 6.45) is -4.90. The number of amides is 1. The molecule has 0 atom stereocenters. The summed E-state index contributed by atoms with van der Waals surface area (Å²) in [6.45, 7) is 2.35. The molecule has 0 unspecified atom stereocenters. The highest BCUT2D eigenvalue weighted by Crippen LogP contribution is 2.33. The number of anilines is 1. The Bertz CT molecular complexity index is 1560. The molecule has 13 heteroatoms. The molecule has 0 radical (unpaired) electrons. The lowest BCUT2D eigenvalue weighted by atomic mass is 10.00. The summed E-state index contributed by atoms with van der Waals surface area (Å²) < 4.78 is 78.8. The number of benzene rings is 3. The maximum atomic E-state index is 14.8. The number of alkyl halides is 3. The van der Waals surface area contributed by atoms with E-state index in [0.29, 0.717) is 12.1 Å². The topological polar surface area (TPSA) is 84.9 Å². The van der Waals surface area contributed by atoms with Crippen molar-refractivity contribution in [1.82, 2.24) is 0 Å². The van der Waals surface area contributed by atoms with Crippen molar-refractivity contribution in [3.8, 4) is 17.6 Å². The third kappa shape index (κ3) is 8.66. The molecule has 2 N–H and O–H groups in total. The molecule has 0 aliphatic heterocycles. The van der Waals surface area contributed by atoms with Crippen LogP contribution in [0, 0.1) is 23.5 Å². The van der Waals surface area contributed by atoms with Gasteiger partial charge in [0.1, 0.15) is 22.2 Å². The number of carbonyl (C=O) groups excluding carboxylic acids is 2. The largest absolute Gasteiger partial charge is 0.483 e. The second kappa shape index (κ2) is 13.5. The van der Waals surface area contributed by atoms with Gasteiger partial charge in [-0.2, -0.15) is 13.2 Å². The van der Waals surface area contributed by atoms with E-state index in [1.54, 1.807) is 13.8 Å². The van der Waals surface area contributed by atoms with Crippen molar-refractivity contribution in [3.05, 3.63) is 92.5 Å². The van der Waals surface area contributed by atoms with Gasteiger partial charge in [-0.3, -0.25) is 9.59 Å². The van der Waals surface area contributed by atoms with Gasteiger partial charge in [0.15, 0.2) is 18.2 Å². The normalized spacial score (nSPS) is 11.5. The number of aliphatic hydroxyl groups excluding tert-OH is 1. The van der Waals surface area contributed by atoms with E-state index in [4.69, 9.17) is 37.8 Å². The molecule has 0 aromatic heterocycles. The average molecular weight is 630 g/mol. The zero-order valence-corrected chi connectivity index (χ0v) is 23.5. The van der Waals surface area contributed by atoms with Gasteiger partial charge in [0.25, 0.3) is 5.91 Å². The van der Waals surface area contributed by atoms with Crippen LogP contribution in [-0.4, -0.2) is 42.2 Å². The number of halogens is 7. The minimum absolute atomic E-state index is 0.0244. The van der Waals surface area contributed by atoms with Gasteiger partial charge in [0.2, 0.25) is 0 Å². The molecule has 0 heterocycles. The summed E-state index contributed by atoms with van der Waals surface area (Å²) >= 11 is 12.0. The molecule has 3 aromatic carbocycles. The van der Waals surface area contributed by atoms with Crippen LogP contribution in [0.2, 0.25) is 10.0 Å². The van der Waals surface area contributed by atoms with Crippen molar-refractivity contribution in [3.63, 3.8) is 0 Å². The molecule has 222 valence electrons. The van der Waals surface area contributed by atoms with E-state index in [1.807, 2.05) is 0 Å². The lowest BCUT2D eigenvalue weighted by Gasteiger charge is -2.17. The van der Waals surface area contributed by atoms with E-state index in [-0.39, 0.29) is 46.9 Å². The maximum Gasteiger partial charge on any atom is 0.416 e. The molecule has 3 aromatic rings. The van der Waals surface area contributed by atoms with Crippen molar-refractivity contribution < 1.29 is 46.1 Å². The van der Waals surface area contributed by atoms with Gasteiger partial charge < -0.3 is 19.9 Å². The fourth-order valence-electron chi connectivity index (χ4n) is 3.47. The summed E-state index contributed by atoms with van der Waals surface area (Å²) in [5.41, 5.74) is -3.49. The van der Waals surface area contributed by atoms with Gasteiger partial charge in [-0.15, -0.1) is 0 Å². The predicted octanol–water partition coefficient (Wildman–Crippen LogP) is 6.68. The third-order valence-electron chi connectivity index (χ3n) is 5.44. The standard InChI is InChI=1S/C29H22Cl2F5NO5/c1-28(2,42-10-9-38)8-7-16-3-5-22(25(31)26(16)33)37-24(39)15-41-23-6-4-19(30)14-21(23)27(40)17-11-18(29(34,35)36)13-20(32)12-17/h3-6,11-14,38H,9-10,15H2,1-2H3,(H,37,39). The molecule has 0 bridgehead atoms. The smallest absolute Gasteiger partial charge is 0.416 e. The van der Waals surface area contributed by atoms with Crippen molar-refractivity contribution in [2.24, 2.45) is 0 Å². The molecule has 42 heavy (non-hydrogen) atoms. The van der Waals surface area contributed by atoms with E-state index in [1.165, 1.54) is 24.3 Å². The molecule has 1 amide bonds. The highest BCUT2D eigenvalue weighted by molar-refractivity contribution is 6.34. The Morgan fingerprint density at radius 1 is 1.02 bits per heavy atom. The zero-order chi connectivity index (χ0) is 31.2. The quantitative estimate of drug-likeness (QED) is 0.157. The monoisotopic (exact) mass is 629 g/mol. The first kappa shape index (κ1) is 32.8.